The standard InChI is InChI=1S/C24H22N6O6/c1-15-22(36-20-7-3-2-6-19(20)35-15)23(32)26-16-8-10-17(11-9-16)30-24(33)29(27-28-30)14-21(31)25-13-18-5-4-12-34-18/h2-12,15,22H,13-14H2,1H3,(H,25,31)(H,26,32)/t15-,22+/m1/s1. The van der Waals surface area contributed by atoms with Gasteiger partial charge in [0.05, 0.1) is 18.5 Å². The number of benzene rings is 2. The lowest BCUT2D eigenvalue weighted by Crippen LogP contribution is -2.46. The van der Waals surface area contributed by atoms with Crippen LogP contribution in [0.2, 0.25) is 0 Å². The van der Waals surface area contributed by atoms with Gasteiger partial charge in [0.25, 0.3) is 5.91 Å². The number of anilines is 1. The summed E-state index contributed by atoms with van der Waals surface area (Å²) in [7, 11) is 0. The number of hydrogen-bond acceptors (Lipinski definition) is 8. The van der Waals surface area contributed by atoms with E-state index in [1.807, 2.05) is 6.07 Å². The number of nitrogens with one attached hydrogen (secondary N) is 2. The van der Waals surface area contributed by atoms with Gasteiger partial charge in [-0.05, 0) is 65.9 Å². The van der Waals surface area contributed by atoms with Crippen molar-refractivity contribution in [3.05, 3.63) is 83.2 Å². The molecule has 0 saturated heterocycles. The molecule has 4 aromatic rings. The third-order valence-electron chi connectivity index (χ3n) is 5.45. The summed E-state index contributed by atoms with van der Waals surface area (Å²) in [5.74, 6) is 0.904. The van der Waals surface area contributed by atoms with Crippen LogP contribution in [0.3, 0.4) is 0 Å². The molecule has 3 heterocycles. The van der Waals surface area contributed by atoms with Crippen molar-refractivity contribution in [1.29, 1.82) is 0 Å². The van der Waals surface area contributed by atoms with Crippen molar-refractivity contribution in [3.63, 3.8) is 0 Å². The van der Waals surface area contributed by atoms with E-state index in [4.69, 9.17) is 13.9 Å². The normalized spacial score (nSPS) is 16.4. The molecule has 0 aliphatic carbocycles. The highest BCUT2D eigenvalue weighted by molar-refractivity contribution is 5.95. The van der Waals surface area contributed by atoms with Crippen LogP contribution in [0.15, 0.2) is 76.1 Å². The quantitative estimate of drug-likeness (QED) is 0.397. The Morgan fingerprint density at radius 1 is 0.972 bits per heavy atom. The molecule has 2 atom stereocenters. The monoisotopic (exact) mass is 490 g/mol. The Hall–Kier alpha value is -4.87. The van der Waals surface area contributed by atoms with Gasteiger partial charge in [-0.25, -0.2) is 4.79 Å². The first-order chi connectivity index (χ1) is 17.5. The van der Waals surface area contributed by atoms with E-state index in [9.17, 15) is 14.4 Å². The maximum atomic E-state index is 12.8. The van der Waals surface area contributed by atoms with Crippen molar-refractivity contribution >= 4 is 17.5 Å². The Morgan fingerprint density at radius 3 is 2.44 bits per heavy atom. The van der Waals surface area contributed by atoms with Gasteiger partial charge in [0.2, 0.25) is 12.0 Å². The number of ether oxygens (including phenoxy) is 2. The van der Waals surface area contributed by atoms with Crippen molar-refractivity contribution in [2.45, 2.75) is 32.2 Å². The zero-order valence-electron chi connectivity index (χ0n) is 19.2. The summed E-state index contributed by atoms with van der Waals surface area (Å²) >= 11 is 0. The van der Waals surface area contributed by atoms with E-state index in [1.54, 1.807) is 61.5 Å². The number of nitrogens with zero attached hydrogens (tertiary/aromatic N) is 4. The van der Waals surface area contributed by atoms with Gasteiger partial charge in [0, 0.05) is 5.69 Å². The Kier molecular flexibility index (Phi) is 6.22. The summed E-state index contributed by atoms with van der Waals surface area (Å²) in [5, 5.41) is 13.0. The molecule has 0 saturated carbocycles. The van der Waals surface area contributed by atoms with E-state index in [0.29, 0.717) is 28.6 Å². The van der Waals surface area contributed by atoms with E-state index < -0.39 is 23.8 Å². The number of aromatic nitrogens is 4. The third-order valence-corrected chi connectivity index (χ3v) is 5.45. The lowest BCUT2D eigenvalue weighted by atomic mass is 10.1. The largest absolute Gasteiger partial charge is 0.482 e. The highest BCUT2D eigenvalue weighted by Gasteiger charge is 2.34. The molecule has 0 unspecified atom stereocenters. The second-order valence-electron chi connectivity index (χ2n) is 8.03. The van der Waals surface area contributed by atoms with Crippen molar-refractivity contribution in [2.75, 3.05) is 5.32 Å². The highest BCUT2D eigenvalue weighted by atomic mass is 16.6. The predicted molar refractivity (Wildman–Crippen MR) is 126 cm³/mol. The molecule has 1 aliphatic rings. The van der Waals surface area contributed by atoms with Crippen LogP contribution in [-0.2, 0) is 22.7 Å². The number of carbonyl (C=O) groups excluding carboxylic acids is 2. The lowest BCUT2D eigenvalue weighted by Gasteiger charge is -2.31. The van der Waals surface area contributed by atoms with Crippen LogP contribution in [0, 0.1) is 0 Å². The van der Waals surface area contributed by atoms with Crippen molar-refractivity contribution < 1.29 is 23.5 Å². The smallest absolute Gasteiger partial charge is 0.368 e. The van der Waals surface area contributed by atoms with Crippen molar-refractivity contribution in [2.24, 2.45) is 0 Å². The van der Waals surface area contributed by atoms with Gasteiger partial charge >= 0.3 is 5.69 Å². The molecule has 0 radical (unpaired) electrons. The molecule has 12 heteroatoms. The van der Waals surface area contributed by atoms with E-state index in [0.717, 1.165) is 9.36 Å². The molecule has 0 spiro atoms. The third kappa shape index (κ3) is 4.82. The lowest BCUT2D eigenvalue weighted by molar-refractivity contribution is -0.128. The zero-order valence-corrected chi connectivity index (χ0v) is 19.2. The molecule has 0 fully saturated rings. The van der Waals surface area contributed by atoms with Crippen LogP contribution in [-0.4, -0.2) is 43.8 Å². The van der Waals surface area contributed by atoms with E-state index >= 15 is 0 Å². The number of furan rings is 1. The fourth-order valence-corrected chi connectivity index (χ4v) is 3.63. The maximum absolute atomic E-state index is 12.8. The molecule has 0 bridgehead atoms. The van der Waals surface area contributed by atoms with Gasteiger partial charge in [-0.15, -0.1) is 0 Å². The average Bonchev–Trinajstić information content (AvgIpc) is 3.53. The van der Waals surface area contributed by atoms with Gasteiger partial charge in [0.15, 0.2) is 11.5 Å². The summed E-state index contributed by atoms with van der Waals surface area (Å²) in [5.41, 5.74) is 0.330. The Bertz CT molecular complexity index is 1430. The number of hydrogen-bond donors (Lipinski definition) is 2. The second-order valence-corrected chi connectivity index (χ2v) is 8.03. The SMILES string of the molecule is C[C@H]1Oc2ccccc2O[C@@H]1C(=O)Nc1ccc(-n2nnn(CC(=O)NCc3ccco3)c2=O)cc1. The highest BCUT2D eigenvalue weighted by Crippen LogP contribution is 2.33. The molecule has 1 aliphatic heterocycles. The fraction of sp³-hybridized carbons (Fsp3) is 0.208. The minimum Gasteiger partial charge on any atom is -0.482 e. The molecule has 12 nitrogen and oxygen atoms in total. The number of rotatable bonds is 7. The van der Waals surface area contributed by atoms with Gasteiger partial charge in [-0.3, -0.25) is 9.59 Å². The van der Waals surface area contributed by atoms with Crippen LogP contribution < -0.4 is 25.8 Å². The molecule has 5 rings (SSSR count). The molecule has 2 N–H and O–H groups in total. The Labute approximate surface area is 204 Å². The molecule has 2 amide bonds. The molecule has 2 aromatic carbocycles. The fourth-order valence-electron chi connectivity index (χ4n) is 3.63. The molecule has 2 aromatic heterocycles. The molecule has 184 valence electrons. The summed E-state index contributed by atoms with van der Waals surface area (Å²) in [6.07, 6.45) is 0.191. The minimum absolute atomic E-state index is 0.200. The predicted octanol–water partition coefficient (Wildman–Crippen LogP) is 1.51. The number of tetrazole rings is 1. The van der Waals surface area contributed by atoms with Crippen molar-refractivity contribution in [3.8, 4) is 17.2 Å². The topological polar surface area (TPSA) is 143 Å². The van der Waals surface area contributed by atoms with E-state index in [2.05, 4.69) is 21.1 Å². The van der Waals surface area contributed by atoms with Crippen LogP contribution in [0.5, 0.6) is 11.5 Å². The van der Waals surface area contributed by atoms with Gasteiger partial charge in [0.1, 0.15) is 18.4 Å². The number of fused-ring (bicyclic) bond motifs is 1. The number of para-hydroxylation sites is 2. The van der Waals surface area contributed by atoms with Gasteiger partial charge in [-0.1, -0.05) is 12.1 Å². The van der Waals surface area contributed by atoms with Crippen molar-refractivity contribution in [1.82, 2.24) is 25.1 Å². The Balaban J connectivity index is 1.21. The van der Waals surface area contributed by atoms with Crippen LogP contribution in [0.1, 0.15) is 12.7 Å². The number of carbonyl (C=O) groups is 2. The summed E-state index contributed by atoms with van der Waals surface area (Å²) in [6.45, 7) is 1.67. The average molecular weight is 490 g/mol. The summed E-state index contributed by atoms with van der Waals surface area (Å²) < 4.78 is 18.8. The zero-order chi connectivity index (χ0) is 25.1. The van der Waals surface area contributed by atoms with E-state index in [1.165, 1.54) is 6.26 Å². The Morgan fingerprint density at radius 2 is 1.72 bits per heavy atom. The first kappa shape index (κ1) is 22.9. The number of amides is 2. The van der Waals surface area contributed by atoms with Crippen LogP contribution in [0.25, 0.3) is 5.69 Å². The van der Waals surface area contributed by atoms with Gasteiger partial charge in [-0.2, -0.15) is 9.36 Å². The molecule has 36 heavy (non-hydrogen) atoms. The van der Waals surface area contributed by atoms with Crippen LogP contribution in [0.4, 0.5) is 5.69 Å². The second kappa shape index (κ2) is 9.78. The summed E-state index contributed by atoms with van der Waals surface area (Å²) in [4.78, 5) is 37.6. The van der Waals surface area contributed by atoms with Gasteiger partial charge < -0.3 is 24.5 Å². The first-order valence-corrected chi connectivity index (χ1v) is 11.1. The van der Waals surface area contributed by atoms with Crippen LogP contribution >= 0.6 is 0 Å². The molecular weight excluding hydrogens is 468 g/mol. The van der Waals surface area contributed by atoms with E-state index in [-0.39, 0.29) is 19.0 Å². The first-order valence-electron chi connectivity index (χ1n) is 11.1. The minimum atomic E-state index is -0.832. The maximum Gasteiger partial charge on any atom is 0.368 e. The summed E-state index contributed by atoms with van der Waals surface area (Å²) in [6, 6.07) is 17.0. The molecular formula is C24H22N6O6.